The number of benzene rings is 1. The molecule has 2 rings (SSSR count). The van der Waals surface area contributed by atoms with E-state index in [1.165, 1.54) is 12.0 Å². The van der Waals surface area contributed by atoms with Gasteiger partial charge in [0.15, 0.2) is 6.29 Å². The van der Waals surface area contributed by atoms with E-state index in [0.29, 0.717) is 0 Å². The van der Waals surface area contributed by atoms with Gasteiger partial charge in [-0.25, -0.2) is 0 Å². The molecule has 0 aliphatic carbocycles. The molecule has 1 aromatic rings. The van der Waals surface area contributed by atoms with Crippen LogP contribution in [0.4, 0.5) is 0 Å². The van der Waals surface area contributed by atoms with Gasteiger partial charge < -0.3 is 9.47 Å². The fourth-order valence-electron chi connectivity index (χ4n) is 1.57. The first-order valence-electron chi connectivity index (χ1n) is 5.19. The van der Waals surface area contributed by atoms with E-state index in [0.717, 1.165) is 25.2 Å². The van der Waals surface area contributed by atoms with Crippen LogP contribution in [0.1, 0.15) is 24.8 Å². The largest absolute Gasteiger partial charge is 0.465 e. The Hall–Kier alpha value is -1.02. The summed E-state index contributed by atoms with van der Waals surface area (Å²) < 4.78 is 11.2. The molecule has 2 heteroatoms. The topological polar surface area (TPSA) is 18.5 Å². The fourth-order valence-corrected chi connectivity index (χ4v) is 1.57. The molecule has 0 amide bonds. The molecule has 0 saturated carbocycles. The third-order valence-electron chi connectivity index (χ3n) is 2.43. The van der Waals surface area contributed by atoms with Gasteiger partial charge in [-0.3, -0.25) is 0 Å². The highest BCUT2D eigenvalue weighted by molar-refractivity contribution is 5.26. The summed E-state index contributed by atoms with van der Waals surface area (Å²) in [4.78, 5) is 0. The Kier molecular flexibility index (Phi) is 3.04. The third kappa shape index (κ3) is 2.48. The zero-order chi connectivity index (χ0) is 9.80. The summed E-state index contributed by atoms with van der Waals surface area (Å²) in [5, 5.41) is 0. The second kappa shape index (κ2) is 4.47. The van der Waals surface area contributed by atoms with Crippen LogP contribution < -0.4 is 4.74 Å². The number of hydrogen-bond acceptors (Lipinski definition) is 2. The van der Waals surface area contributed by atoms with Crippen molar-refractivity contribution in [1.29, 1.82) is 0 Å². The first kappa shape index (κ1) is 9.53. The van der Waals surface area contributed by atoms with Crippen molar-refractivity contribution in [3.8, 4) is 5.75 Å². The minimum atomic E-state index is -0.0357. The lowest BCUT2D eigenvalue weighted by molar-refractivity contribution is -0.105. The molecule has 0 aromatic heterocycles. The van der Waals surface area contributed by atoms with Crippen molar-refractivity contribution < 1.29 is 9.47 Å². The van der Waals surface area contributed by atoms with Crippen molar-refractivity contribution >= 4 is 0 Å². The van der Waals surface area contributed by atoms with Crippen molar-refractivity contribution in [3.63, 3.8) is 0 Å². The summed E-state index contributed by atoms with van der Waals surface area (Å²) in [6.45, 7) is 2.90. The van der Waals surface area contributed by atoms with E-state index >= 15 is 0 Å². The lowest BCUT2D eigenvalue weighted by Crippen LogP contribution is -2.24. The molecular weight excluding hydrogens is 176 g/mol. The molecule has 1 saturated heterocycles. The molecule has 0 bridgehead atoms. The van der Waals surface area contributed by atoms with Gasteiger partial charge in [0.25, 0.3) is 0 Å². The van der Waals surface area contributed by atoms with Crippen LogP contribution in [-0.2, 0) is 4.74 Å². The van der Waals surface area contributed by atoms with E-state index in [1.54, 1.807) is 0 Å². The highest BCUT2D eigenvalue weighted by Crippen LogP contribution is 2.19. The van der Waals surface area contributed by atoms with Gasteiger partial charge in [-0.2, -0.15) is 0 Å². The second-order valence-corrected chi connectivity index (χ2v) is 3.73. The lowest BCUT2D eigenvalue weighted by Gasteiger charge is -2.23. The first-order chi connectivity index (χ1) is 6.84. The van der Waals surface area contributed by atoms with Crippen LogP contribution in [0.5, 0.6) is 5.75 Å². The van der Waals surface area contributed by atoms with Crippen molar-refractivity contribution in [2.24, 2.45) is 0 Å². The normalized spacial score (nSPS) is 21.9. The van der Waals surface area contributed by atoms with Crippen LogP contribution in [0.15, 0.2) is 24.3 Å². The molecule has 0 spiro atoms. The zero-order valence-electron chi connectivity index (χ0n) is 8.53. The highest BCUT2D eigenvalue weighted by Gasteiger charge is 2.14. The van der Waals surface area contributed by atoms with Gasteiger partial charge in [-0.1, -0.05) is 17.7 Å². The lowest BCUT2D eigenvalue weighted by atomic mass is 10.2. The maximum atomic E-state index is 5.69. The molecule has 2 nitrogen and oxygen atoms in total. The molecule has 0 N–H and O–H groups in total. The molecule has 1 fully saturated rings. The van der Waals surface area contributed by atoms with Crippen LogP contribution in [0.25, 0.3) is 0 Å². The van der Waals surface area contributed by atoms with E-state index in [-0.39, 0.29) is 6.29 Å². The summed E-state index contributed by atoms with van der Waals surface area (Å²) in [6, 6.07) is 8.09. The number of rotatable bonds is 2. The van der Waals surface area contributed by atoms with Gasteiger partial charge in [0, 0.05) is 6.42 Å². The second-order valence-electron chi connectivity index (χ2n) is 3.73. The van der Waals surface area contributed by atoms with E-state index in [4.69, 9.17) is 9.47 Å². The average molecular weight is 192 g/mol. The molecule has 1 aliphatic rings. The Balaban J connectivity index is 1.92. The van der Waals surface area contributed by atoms with Crippen LogP contribution >= 0.6 is 0 Å². The van der Waals surface area contributed by atoms with E-state index in [2.05, 4.69) is 19.1 Å². The third-order valence-corrected chi connectivity index (χ3v) is 2.43. The van der Waals surface area contributed by atoms with Crippen LogP contribution in [0.2, 0.25) is 0 Å². The highest BCUT2D eigenvalue weighted by atomic mass is 16.7. The summed E-state index contributed by atoms with van der Waals surface area (Å²) in [5.74, 6) is 0.905. The van der Waals surface area contributed by atoms with Crippen molar-refractivity contribution in [2.45, 2.75) is 32.5 Å². The van der Waals surface area contributed by atoms with E-state index in [9.17, 15) is 0 Å². The summed E-state index contributed by atoms with van der Waals surface area (Å²) in [6.07, 6.45) is 3.34. The quantitative estimate of drug-likeness (QED) is 0.717. The van der Waals surface area contributed by atoms with Crippen molar-refractivity contribution in [1.82, 2.24) is 0 Å². The Morgan fingerprint density at radius 1 is 1.21 bits per heavy atom. The SMILES string of the molecule is Cc1ccc(OC2CCCCO2)cc1. The summed E-state index contributed by atoms with van der Waals surface area (Å²) in [5.41, 5.74) is 1.25. The predicted octanol–water partition coefficient (Wildman–Crippen LogP) is 2.90. The molecule has 1 heterocycles. The molecule has 76 valence electrons. The smallest absolute Gasteiger partial charge is 0.199 e. The molecule has 1 unspecified atom stereocenters. The van der Waals surface area contributed by atoms with Gasteiger partial charge in [0.1, 0.15) is 5.75 Å². The van der Waals surface area contributed by atoms with Crippen molar-refractivity contribution in [2.75, 3.05) is 6.61 Å². The monoisotopic (exact) mass is 192 g/mol. The molecule has 1 atom stereocenters. The average Bonchev–Trinajstić information content (AvgIpc) is 2.23. The number of ether oxygens (including phenoxy) is 2. The molecule has 14 heavy (non-hydrogen) atoms. The Labute approximate surface area is 84.8 Å². The molecule has 0 radical (unpaired) electrons. The molecule has 1 aromatic carbocycles. The minimum absolute atomic E-state index is 0.0357. The standard InChI is InChI=1S/C12H16O2/c1-10-5-7-11(8-6-10)14-12-4-2-3-9-13-12/h5-8,12H,2-4,9H2,1H3. The number of aryl methyl sites for hydroxylation is 1. The Morgan fingerprint density at radius 2 is 2.00 bits per heavy atom. The Bertz CT molecular complexity index is 273. The van der Waals surface area contributed by atoms with Crippen molar-refractivity contribution in [3.05, 3.63) is 29.8 Å². The van der Waals surface area contributed by atoms with Gasteiger partial charge in [-0.05, 0) is 31.9 Å². The van der Waals surface area contributed by atoms with E-state index < -0.39 is 0 Å². The van der Waals surface area contributed by atoms with Gasteiger partial charge in [0.2, 0.25) is 0 Å². The molecular formula is C12H16O2. The summed E-state index contributed by atoms with van der Waals surface area (Å²) >= 11 is 0. The Morgan fingerprint density at radius 3 is 2.64 bits per heavy atom. The minimum Gasteiger partial charge on any atom is -0.465 e. The number of hydrogen-bond donors (Lipinski definition) is 0. The first-order valence-corrected chi connectivity index (χ1v) is 5.19. The van der Waals surface area contributed by atoms with Gasteiger partial charge in [0.05, 0.1) is 6.61 Å². The molecule has 1 aliphatic heterocycles. The predicted molar refractivity (Wildman–Crippen MR) is 55.4 cm³/mol. The maximum Gasteiger partial charge on any atom is 0.199 e. The van der Waals surface area contributed by atoms with Gasteiger partial charge in [-0.15, -0.1) is 0 Å². The van der Waals surface area contributed by atoms with Gasteiger partial charge >= 0.3 is 0 Å². The zero-order valence-corrected chi connectivity index (χ0v) is 8.53. The maximum absolute atomic E-state index is 5.69. The fraction of sp³-hybridized carbons (Fsp3) is 0.500. The van der Waals surface area contributed by atoms with Crippen LogP contribution in [0, 0.1) is 6.92 Å². The van der Waals surface area contributed by atoms with Crippen LogP contribution in [-0.4, -0.2) is 12.9 Å². The summed E-state index contributed by atoms with van der Waals surface area (Å²) in [7, 11) is 0. The van der Waals surface area contributed by atoms with Crippen LogP contribution in [0.3, 0.4) is 0 Å². The van der Waals surface area contributed by atoms with E-state index in [1.807, 2.05) is 12.1 Å².